The number of nitrogens with two attached hydrogens (primary N) is 1. The topological polar surface area (TPSA) is 57.4 Å². The van der Waals surface area contributed by atoms with Crippen molar-refractivity contribution in [3.8, 4) is 11.5 Å². The molecule has 5 heteroatoms. The summed E-state index contributed by atoms with van der Waals surface area (Å²) < 4.78 is 10.7. The van der Waals surface area contributed by atoms with Gasteiger partial charge in [0.1, 0.15) is 5.01 Å². The summed E-state index contributed by atoms with van der Waals surface area (Å²) in [6, 6.07) is 6.06. The van der Waals surface area contributed by atoms with Crippen molar-refractivity contribution < 1.29 is 9.47 Å². The molecule has 0 spiro atoms. The van der Waals surface area contributed by atoms with Crippen LogP contribution in [0.25, 0.3) is 0 Å². The maximum Gasteiger partial charge on any atom is 0.231 e. The Kier molecular flexibility index (Phi) is 3.40. The van der Waals surface area contributed by atoms with Crippen LogP contribution in [0.3, 0.4) is 0 Å². The van der Waals surface area contributed by atoms with Crippen LogP contribution in [-0.4, -0.2) is 11.8 Å². The lowest BCUT2D eigenvalue weighted by Gasteiger charge is -2.22. The molecule has 1 aromatic carbocycles. The number of benzene rings is 1. The van der Waals surface area contributed by atoms with Gasteiger partial charge in [0.15, 0.2) is 11.5 Å². The lowest BCUT2D eigenvalue weighted by atomic mass is 9.95. The van der Waals surface area contributed by atoms with Crippen LogP contribution in [0.2, 0.25) is 0 Å². The third-order valence-electron chi connectivity index (χ3n) is 3.48. The molecule has 4 nitrogen and oxygen atoms in total. The SMILES string of the molecule is Cc1csc(C(C)(N)CCc2ccc3c(c2)OCO3)n1. The smallest absolute Gasteiger partial charge is 0.231 e. The van der Waals surface area contributed by atoms with Crippen molar-refractivity contribution in [2.24, 2.45) is 5.73 Å². The molecule has 2 heterocycles. The van der Waals surface area contributed by atoms with Crippen molar-refractivity contribution in [3.63, 3.8) is 0 Å². The molecule has 1 aliphatic heterocycles. The Morgan fingerprint density at radius 1 is 1.35 bits per heavy atom. The molecule has 1 atom stereocenters. The van der Waals surface area contributed by atoms with Crippen molar-refractivity contribution in [1.82, 2.24) is 4.98 Å². The van der Waals surface area contributed by atoms with Gasteiger partial charge in [-0.15, -0.1) is 11.3 Å². The summed E-state index contributed by atoms with van der Waals surface area (Å²) in [6.07, 6.45) is 1.74. The Morgan fingerprint density at radius 3 is 2.90 bits per heavy atom. The molecule has 1 unspecified atom stereocenters. The first-order valence-corrected chi connectivity index (χ1v) is 7.52. The van der Waals surface area contributed by atoms with Crippen LogP contribution < -0.4 is 15.2 Å². The zero-order valence-electron chi connectivity index (χ0n) is 11.7. The largest absolute Gasteiger partial charge is 0.454 e. The molecule has 0 bridgehead atoms. The fourth-order valence-electron chi connectivity index (χ4n) is 2.22. The molecule has 1 aliphatic rings. The van der Waals surface area contributed by atoms with Gasteiger partial charge in [-0.2, -0.15) is 0 Å². The number of thiazole rings is 1. The Hall–Kier alpha value is -1.59. The van der Waals surface area contributed by atoms with Gasteiger partial charge < -0.3 is 15.2 Å². The minimum absolute atomic E-state index is 0.311. The second-order valence-electron chi connectivity index (χ2n) is 5.40. The number of hydrogen-bond acceptors (Lipinski definition) is 5. The quantitative estimate of drug-likeness (QED) is 0.940. The molecule has 0 saturated carbocycles. The van der Waals surface area contributed by atoms with E-state index in [4.69, 9.17) is 15.2 Å². The van der Waals surface area contributed by atoms with Crippen LogP contribution in [-0.2, 0) is 12.0 Å². The summed E-state index contributed by atoms with van der Waals surface area (Å²) in [6.45, 7) is 4.35. The van der Waals surface area contributed by atoms with Gasteiger partial charge in [-0.3, -0.25) is 0 Å². The average molecular weight is 290 g/mol. The van der Waals surface area contributed by atoms with E-state index in [0.717, 1.165) is 35.0 Å². The molecule has 0 aliphatic carbocycles. The summed E-state index contributed by atoms with van der Waals surface area (Å²) in [4.78, 5) is 4.50. The molecule has 106 valence electrons. The number of ether oxygens (including phenoxy) is 2. The van der Waals surface area contributed by atoms with E-state index in [9.17, 15) is 0 Å². The highest BCUT2D eigenvalue weighted by atomic mass is 32.1. The second-order valence-corrected chi connectivity index (χ2v) is 6.26. The van der Waals surface area contributed by atoms with Crippen LogP contribution in [0.1, 0.15) is 29.6 Å². The molecular formula is C15H18N2O2S. The fraction of sp³-hybridized carbons (Fsp3) is 0.400. The summed E-state index contributed by atoms with van der Waals surface area (Å²) in [5.74, 6) is 1.64. The van der Waals surface area contributed by atoms with Crippen molar-refractivity contribution in [2.75, 3.05) is 6.79 Å². The molecular weight excluding hydrogens is 272 g/mol. The van der Waals surface area contributed by atoms with Crippen molar-refractivity contribution in [2.45, 2.75) is 32.2 Å². The summed E-state index contributed by atoms with van der Waals surface area (Å²) in [5.41, 5.74) is 8.25. The summed E-state index contributed by atoms with van der Waals surface area (Å²) >= 11 is 1.63. The fourth-order valence-corrected chi connectivity index (χ4v) is 3.13. The van der Waals surface area contributed by atoms with Gasteiger partial charge in [-0.05, 0) is 44.4 Å². The highest BCUT2D eigenvalue weighted by Gasteiger charge is 2.24. The van der Waals surface area contributed by atoms with Gasteiger partial charge in [-0.25, -0.2) is 4.98 Å². The van der Waals surface area contributed by atoms with Gasteiger partial charge in [0.2, 0.25) is 6.79 Å². The van der Waals surface area contributed by atoms with Crippen LogP contribution in [0.4, 0.5) is 0 Å². The monoisotopic (exact) mass is 290 g/mol. The first-order valence-electron chi connectivity index (χ1n) is 6.65. The molecule has 2 aromatic rings. The van der Waals surface area contributed by atoms with E-state index < -0.39 is 5.54 Å². The number of aryl methyl sites for hydroxylation is 2. The van der Waals surface area contributed by atoms with Crippen molar-refractivity contribution in [1.29, 1.82) is 0 Å². The average Bonchev–Trinajstić information content (AvgIpc) is 3.04. The normalized spacial score (nSPS) is 16.1. The molecule has 0 saturated heterocycles. The van der Waals surface area contributed by atoms with Gasteiger partial charge in [-0.1, -0.05) is 6.07 Å². The predicted octanol–water partition coefficient (Wildman–Crippen LogP) is 2.99. The Bertz CT molecular complexity index is 622. The van der Waals surface area contributed by atoms with Gasteiger partial charge >= 0.3 is 0 Å². The summed E-state index contributed by atoms with van der Waals surface area (Å²) in [5, 5.41) is 3.04. The number of hydrogen-bond donors (Lipinski definition) is 1. The molecule has 20 heavy (non-hydrogen) atoms. The van der Waals surface area contributed by atoms with Gasteiger partial charge in [0.05, 0.1) is 5.54 Å². The van der Waals surface area contributed by atoms with Crippen molar-refractivity contribution in [3.05, 3.63) is 39.8 Å². The van der Waals surface area contributed by atoms with Gasteiger partial charge in [0, 0.05) is 11.1 Å². The predicted molar refractivity (Wildman–Crippen MR) is 79.3 cm³/mol. The highest BCUT2D eigenvalue weighted by Crippen LogP contribution is 2.34. The Balaban J connectivity index is 1.69. The maximum atomic E-state index is 6.40. The van der Waals surface area contributed by atoms with E-state index in [2.05, 4.69) is 11.1 Å². The third-order valence-corrected chi connectivity index (χ3v) is 4.72. The van der Waals surface area contributed by atoms with E-state index >= 15 is 0 Å². The Labute approximate surface area is 122 Å². The highest BCUT2D eigenvalue weighted by molar-refractivity contribution is 7.09. The van der Waals surface area contributed by atoms with Crippen molar-refractivity contribution >= 4 is 11.3 Å². The van der Waals surface area contributed by atoms with Crippen LogP contribution in [0.15, 0.2) is 23.6 Å². The van der Waals surface area contributed by atoms with E-state index in [-0.39, 0.29) is 0 Å². The lowest BCUT2D eigenvalue weighted by Crippen LogP contribution is -2.33. The molecule has 3 rings (SSSR count). The lowest BCUT2D eigenvalue weighted by molar-refractivity contribution is 0.174. The van der Waals surface area contributed by atoms with E-state index in [1.807, 2.05) is 31.4 Å². The number of aromatic nitrogens is 1. The van der Waals surface area contributed by atoms with Crippen LogP contribution in [0.5, 0.6) is 11.5 Å². The van der Waals surface area contributed by atoms with Crippen LogP contribution in [0, 0.1) is 6.92 Å². The number of fused-ring (bicyclic) bond motifs is 1. The number of rotatable bonds is 4. The summed E-state index contributed by atoms with van der Waals surface area (Å²) in [7, 11) is 0. The number of nitrogens with zero attached hydrogens (tertiary/aromatic N) is 1. The minimum Gasteiger partial charge on any atom is -0.454 e. The molecule has 1 aromatic heterocycles. The molecule has 0 fully saturated rings. The standard InChI is InChI=1S/C15H18N2O2S/c1-10-8-20-14(17-10)15(2,16)6-5-11-3-4-12-13(7-11)19-9-18-12/h3-4,7-8H,5-6,9,16H2,1-2H3. The maximum absolute atomic E-state index is 6.40. The first kappa shape index (κ1) is 13.4. The Morgan fingerprint density at radius 2 is 2.15 bits per heavy atom. The zero-order valence-corrected chi connectivity index (χ0v) is 12.5. The molecule has 0 radical (unpaired) electrons. The first-order chi connectivity index (χ1) is 9.54. The third kappa shape index (κ3) is 2.64. The van der Waals surface area contributed by atoms with E-state index in [1.54, 1.807) is 11.3 Å². The van der Waals surface area contributed by atoms with E-state index in [0.29, 0.717) is 6.79 Å². The van der Waals surface area contributed by atoms with Gasteiger partial charge in [0.25, 0.3) is 0 Å². The minimum atomic E-state index is -0.394. The molecule has 0 amide bonds. The zero-order chi connectivity index (χ0) is 14.2. The van der Waals surface area contributed by atoms with E-state index in [1.165, 1.54) is 5.56 Å². The molecule has 2 N–H and O–H groups in total. The second kappa shape index (κ2) is 5.07. The van der Waals surface area contributed by atoms with Crippen LogP contribution >= 0.6 is 11.3 Å².